The molecule has 2 N–H and O–H groups in total. The van der Waals surface area contributed by atoms with Crippen LogP contribution in [0.5, 0.6) is 0 Å². The van der Waals surface area contributed by atoms with Gasteiger partial charge in [-0.25, -0.2) is 0 Å². The molecular weight excluding hydrogens is 470 g/mol. The Labute approximate surface area is 213 Å². The zero-order valence-electron chi connectivity index (χ0n) is 19.5. The van der Waals surface area contributed by atoms with Gasteiger partial charge in [0.1, 0.15) is 22.6 Å². The molecule has 0 saturated carbocycles. The molecule has 7 nitrogen and oxygen atoms in total. The highest BCUT2D eigenvalue weighted by Crippen LogP contribution is 2.22. The minimum atomic E-state index is -0.368. The maximum Gasteiger partial charge on any atom is 0.250 e. The predicted molar refractivity (Wildman–Crippen MR) is 146 cm³/mol. The monoisotopic (exact) mass is 493 g/mol. The van der Waals surface area contributed by atoms with Crippen LogP contribution in [0, 0.1) is 0 Å². The van der Waals surface area contributed by atoms with E-state index in [1.165, 1.54) is 11.6 Å². The molecule has 8 heteroatoms. The third-order valence-electron chi connectivity index (χ3n) is 5.53. The van der Waals surface area contributed by atoms with E-state index in [0.29, 0.717) is 17.0 Å². The molecule has 0 unspecified atom stereocenters. The molecule has 0 aliphatic heterocycles. The summed E-state index contributed by atoms with van der Waals surface area (Å²) in [5, 5.41) is 14.9. The molecule has 0 atom stereocenters. The van der Waals surface area contributed by atoms with Crippen LogP contribution in [0.2, 0.25) is 0 Å². The van der Waals surface area contributed by atoms with Gasteiger partial charge in [-0.05, 0) is 72.7 Å². The average Bonchev–Trinajstić information content (AvgIpc) is 3.55. The van der Waals surface area contributed by atoms with Crippen LogP contribution in [0.15, 0.2) is 95.4 Å². The Balaban J connectivity index is 1.20. The molecule has 0 radical (unpaired) electrons. The first-order valence-corrected chi connectivity index (χ1v) is 11.9. The summed E-state index contributed by atoms with van der Waals surface area (Å²) in [6, 6.07) is 27.1. The first-order valence-electron chi connectivity index (χ1n) is 11.5. The second-order valence-electron chi connectivity index (χ2n) is 8.06. The number of thiocarbonyl (C=S) groups is 1. The second-order valence-corrected chi connectivity index (χ2v) is 8.47. The first kappa shape index (κ1) is 23.2. The van der Waals surface area contributed by atoms with Gasteiger partial charge in [0.15, 0.2) is 5.11 Å². The smallest absolute Gasteiger partial charge is 0.250 e. The van der Waals surface area contributed by atoms with Crippen LogP contribution < -0.4 is 10.6 Å². The number of nitrogens with zero attached hydrogens (tertiary/aromatic N) is 3. The largest absolute Gasteiger partial charge is 0.457 e. The lowest BCUT2D eigenvalue weighted by Gasteiger charge is -2.07. The van der Waals surface area contributed by atoms with Gasteiger partial charge in [-0.2, -0.15) is 4.80 Å². The number of rotatable bonds is 6. The van der Waals surface area contributed by atoms with Crippen molar-refractivity contribution in [3.05, 3.63) is 102 Å². The predicted octanol–water partition coefficient (Wildman–Crippen LogP) is 5.77. The number of furan rings is 1. The molecule has 0 aliphatic carbocycles. The van der Waals surface area contributed by atoms with Gasteiger partial charge in [-0.3, -0.25) is 10.1 Å². The summed E-state index contributed by atoms with van der Waals surface area (Å²) in [7, 11) is 0. The Bertz CT molecular complexity index is 1550. The number of hydrogen-bond acceptors (Lipinski definition) is 5. The van der Waals surface area contributed by atoms with Crippen molar-refractivity contribution in [1.82, 2.24) is 20.3 Å². The highest BCUT2D eigenvalue weighted by atomic mass is 32.1. The van der Waals surface area contributed by atoms with Gasteiger partial charge < -0.3 is 9.73 Å². The van der Waals surface area contributed by atoms with Crippen molar-refractivity contribution in [2.24, 2.45) is 0 Å². The summed E-state index contributed by atoms with van der Waals surface area (Å²) >= 11 is 5.30. The van der Waals surface area contributed by atoms with E-state index >= 15 is 0 Å². The van der Waals surface area contributed by atoms with Crippen molar-refractivity contribution >= 4 is 46.0 Å². The Hall–Kier alpha value is -4.56. The van der Waals surface area contributed by atoms with E-state index in [2.05, 4.69) is 39.9 Å². The van der Waals surface area contributed by atoms with E-state index < -0.39 is 0 Å². The van der Waals surface area contributed by atoms with E-state index in [9.17, 15) is 4.79 Å². The molecular formula is C28H23N5O2S. The van der Waals surface area contributed by atoms with Crippen molar-refractivity contribution < 1.29 is 9.21 Å². The number of carbonyl (C=O) groups is 1. The number of aryl methyl sites for hydroxylation is 1. The van der Waals surface area contributed by atoms with Gasteiger partial charge in [0, 0.05) is 17.3 Å². The zero-order chi connectivity index (χ0) is 24.9. The summed E-state index contributed by atoms with van der Waals surface area (Å²) in [6.07, 6.45) is 3.95. The Kier molecular flexibility index (Phi) is 6.68. The summed E-state index contributed by atoms with van der Waals surface area (Å²) in [5.74, 6) is 0.937. The number of anilines is 1. The van der Waals surface area contributed by atoms with Gasteiger partial charge >= 0.3 is 0 Å². The van der Waals surface area contributed by atoms with Gasteiger partial charge in [0.2, 0.25) is 5.91 Å². The van der Waals surface area contributed by atoms with Crippen LogP contribution in [0.1, 0.15) is 18.2 Å². The number of nitrogens with one attached hydrogen (secondary N) is 2. The highest BCUT2D eigenvalue weighted by molar-refractivity contribution is 7.80. The number of fused-ring (bicyclic) bond motifs is 1. The fourth-order valence-corrected chi connectivity index (χ4v) is 3.86. The van der Waals surface area contributed by atoms with E-state index in [1.807, 2.05) is 72.8 Å². The first-order chi connectivity index (χ1) is 17.6. The van der Waals surface area contributed by atoms with Crippen molar-refractivity contribution in [1.29, 1.82) is 0 Å². The van der Waals surface area contributed by atoms with Crippen LogP contribution in [-0.2, 0) is 11.2 Å². The summed E-state index contributed by atoms with van der Waals surface area (Å²) in [4.78, 5) is 13.9. The molecule has 3 aromatic carbocycles. The lowest BCUT2D eigenvalue weighted by molar-refractivity contribution is -0.115. The van der Waals surface area contributed by atoms with E-state index in [1.54, 1.807) is 10.9 Å². The lowest BCUT2D eigenvalue weighted by atomic mass is 10.2. The molecule has 0 saturated heterocycles. The molecule has 2 aromatic heterocycles. The van der Waals surface area contributed by atoms with E-state index in [-0.39, 0.29) is 11.0 Å². The van der Waals surface area contributed by atoms with Gasteiger partial charge in [-0.15, -0.1) is 10.2 Å². The lowest BCUT2D eigenvalue weighted by Crippen LogP contribution is -2.32. The number of benzene rings is 3. The summed E-state index contributed by atoms with van der Waals surface area (Å²) in [5.41, 5.74) is 5.28. The van der Waals surface area contributed by atoms with Crippen molar-refractivity contribution in [3.63, 3.8) is 0 Å². The Morgan fingerprint density at radius 3 is 2.53 bits per heavy atom. The zero-order valence-corrected chi connectivity index (χ0v) is 20.3. The van der Waals surface area contributed by atoms with E-state index in [4.69, 9.17) is 16.6 Å². The SMILES string of the molecule is CCc1ccc(-n2nc3ccc(NC(=S)NC(=O)/C=C/c4ccc(-c5ccccc5)o4)cc3n2)cc1. The minimum absolute atomic E-state index is 0.177. The normalized spacial score (nSPS) is 11.1. The molecule has 0 aliphatic rings. The summed E-state index contributed by atoms with van der Waals surface area (Å²) in [6.45, 7) is 2.12. The number of aromatic nitrogens is 3. The van der Waals surface area contributed by atoms with Crippen LogP contribution >= 0.6 is 12.2 Å². The molecule has 36 heavy (non-hydrogen) atoms. The highest BCUT2D eigenvalue weighted by Gasteiger charge is 2.08. The third kappa shape index (κ3) is 5.39. The van der Waals surface area contributed by atoms with Gasteiger partial charge in [0.25, 0.3) is 0 Å². The molecule has 0 bridgehead atoms. The Morgan fingerprint density at radius 1 is 0.972 bits per heavy atom. The Morgan fingerprint density at radius 2 is 1.75 bits per heavy atom. The topological polar surface area (TPSA) is 85.0 Å². The van der Waals surface area contributed by atoms with E-state index in [0.717, 1.165) is 28.9 Å². The van der Waals surface area contributed by atoms with Crippen LogP contribution in [0.4, 0.5) is 5.69 Å². The molecule has 178 valence electrons. The number of hydrogen-bond donors (Lipinski definition) is 2. The third-order valence-corrected chi connectivity index (χ3v) is 5.74. The second kappa shape index (κ2) is 10.4. The fraction of sp³-hybridized carbons (Fsp3) is 0.0714. The van der Waals surface area contributed by atoms with Crippen molar-refractivity contribution in [2.45, 2.75) is 13.3 Å². The maximum atomic E-state index is 12.3. The quantitative estimate of drug-likeness (QED) is 0.231. The molecule has 0 fully saturated rings. The van der Waals surface area contributed by atoms with Crippen molar-refractivity contribution in [3.8, 4) is 17.0 Å². The maximum absolute atomic E-state index is 12.3. The summed E-state index contributed by atoms with van der Waals surface area (Å²) < 4.78 is 5.78. The van der Waals surface area contributed by atoms with Crippen molar-refractivity contribution in [2.75, 3.05) is 5.32 Å². The van der Waals surface area contributed by atoms with Gasteiger partial charge in [-0.1, -0.05) is 49.4 Å². The molecule has 1 amide bonds. The molecule has 0 spiro atoms. The average molecular weight is 494 g/mol. The van der Waals surface area contributed by atoms with Gasteiger partial charge in [0.05, 0.1) is 5.69 Å². The van der Waals surface area contributed by atoms with Crippen LogP contribution in [0.25, 0.3) is 34.1 Å². The van der Waals surface area contributed by atoms with Crippen LogP contribution in [-0.4, -0.2) is 26.0 Å². The fourth-order valence-electron chi connectivity index (χ4n) is 3.65. The van der Waals surface area contributed by atoms with Crippen LogP contribution in [0.3, 0.4) is 0 Å². The molecule has 2 heterocycles. The number of carbonyl (C=O) groups excluding carboxylic acids is 1. The molecule has 5 aromatic rings. The number of amides is 1. The molecule has 5 rings (SSSR count). The minimum Gasteiger partial charge on any atom is -0.457 e. The standard InChI is InChI=1S/C28H23N5O2S/c1-2-19-8-11-22(12-9-19)33-31-24-15-10-21(18-25(24)32-33)29-28(36)30-27(34)17-14-23-13-16-26(35-23)20-6-4-3-5-7-20/h3-18H,2H2,1H3,(H2,29,30,34,36)/b17-14+.